The zero-order chi connectivity index (χ0) is 47.2. The maximum atomic E-state index is 12.8. The van der Waals surface area contributed by atoms with Gasteiger partial charge < -0.3 is 14.2 Å². The van der Waals surface area contributed by atoms with Gasteiger partial charge in [0.15, 0.2) is 6.10 Å². The van der Waals surface area contributed by atoms with Crippen LogP contribution >= 0.6 is 0 Å². The molecule has 0 aromatic rings. The second kappa shape index (κ2) is 52.7. The van der Waals surface area contributed by atoms with Crippen LogP contribution in [-0.4, -0.2) is 37.2 Å². The monoisotopic (exact) mass is 901 g/mol. The fourth-order valence-corrected chi connectivity index (χ4v) is 6.90. The van der Waals surface area contributed by atoms with Gasteiger partial charge in [0.25, 0.3) is 0 Å². The Kier molecular flexibility index (Phi) is 49.5. The zero-order valence-corrected chi connectivity index (χ0v) is 42.0. The normalized spacial score (nSPS) is 13.0. The maximum Gasteiger partial charge on any atom is 0.306 e. The van der Waals surface area contributed by atoms with Crippen LogP contribution in [0.15, 0.2) is 109 Å². The van der Waals surface area contributed by atoms with E-state index in [2.05, 4.69) is 130 Å². The molecule has 0 spiro atoms. The van der Waals surface area contributed by atoms with Crippen molar-refractivity contribution in [3.8, 4) is 0 Å². The number of carbonyl (C=O) groups excluding carboxylic acids is 3. The third-order valence-electron chi connectivity index (χ3n) is 10.9. The average molecular weight is 901 g/mol. The van der Waals surface area contributed by atoms with Gasteiger partial charge in [0.05, 0.1) is 0 Å². The van der Waals surface area contributed by atoms with Gasteiger partial charge in [0.1, 0.15) is 13.2 Å². The van der Waals surface area contributed by atoms with Gasteiger partial charge in [0.2, 0.25) is 0 Å². The predicted molar refractivity (Wildman–Crippen MR) is 279 cm³/mol. The van der Waals surface area contributed by atoms with Gasteiger partial charge in [-0.2, -0.15) is 0 Å². The summed E-state index contributed by atoms with van der Waals surface area (Å²) in [5, 5.41) is 0. The number of rotatable bonds is 46. The Balaban J connectivity index is 4.54. The molecular weight excluding hydrogens is 805 g/mol. The van der Waals surface area contributed by atoms with Crippen molar-refractivity contribution >= 4 is 17.9 Å². The zero-order valence-electron chi connectivity index (χ0n) is 42.0. The predicted octanol–water partition coefficient (Wildman–Crippen LogP) is 17.5. The Bertz CT molecular complexity index is 1360. The van der Waals surface area contributed by atoms with Gasteiger partial charge in [-0.05, 0) is 83.5 Å². The van der Waals surface area contributed by atoms with Crippen molar-refractivity contribution in [2.75, 3.05) is 13.2 Å². The van der Waals surface area contributed by atoms with Crippen molar-refractivity contribution < 1.29 is 28.6 Å². The molecule has 65 heavy (non-hydrogen) atoms. The van der Waals surface area contributed by atoms with Crippen molar-refractivity contribution in [1.29, 1.82) is 0 Å². The summed E-state index contributed by atoms with van der Waals surface area (Å²) in [5.74, 6) is -0.995. The molecular formula is C59H96O6. The molecule has 0 N–H and O–H groups in total. The fraction of sp³-hybridized carbons (Fsp3) is 0.644. The molecule has 0 fully saturated rings. The van der Waals surface area contributed by atoms with Gasteiger partial charge in [-0.15, -0.1) is 0 Å². The van der Waals surface area contributed by atoms with E-state index in [0.29, 0.717) is 19.3 Å². The number of unbranched alkanes of at least 4 members (excludes halogenated alkanes) is 20. The van der Waals surface area contributed by atoms with E-state index >= 15 is 0 Å². The molecule has 0 bridgehead atoms. The summed E-state index contributed by atoms with van der Waals surface area (Å²) in [6, 6.07) is 0. The number of allylic oxidation sites excluding steroid dienone is 18. The van der Waals surface area contributed by atoms with Crippen LogP contribution in [-0.2, 0) is 28.6 Å². The molecule has 0 aliphatic rings. The van der Waals surface area contributed by atoms with Gasteiger partial charge in [-0.3, -0.25) is 14.4 Å². The third-order valence-corrected chi connectivity index (χ3v) is 10.9. The molecule has 1 atom stereocenters. The lowest BCUT2D eigenvalue weighted by atomic mass is 10.0. The average Bonchev–Trinajstić information content (AvgIpc) is 3.30. The van der Waals surface area contributed by atoms with Crippen LogP contribution in [0.1, 0.15) is 226 Å². The number of carbonyl (C=O) groups is 3. The van der Waals surface area contributed by atoms with Gasteiger partial charge in [-0.25, -0.2) is 0 Å². The largest absolute Gasteiger partial charge is 0.462 e. The smallest absolute Gasteiger partial charge is 0.306 e. The van der Waals surface area contributed by atoms with Crippen LogP contribution in [0, 0.1) is 0 Å². The van der Waals surface area contributed by atoms with Crippen LogP contribution in [0.4, 0.5) is 0 Å². The molecule has 0 amide bonds. The molecule has 0 aliphatic heterocycles. The topological polar surface area (TPSA) is 78.9 Å². The van der Waals surface area contributed by atoms with Crippen molar-refractivity contribution in [2.45, 2.75) is 232 Å². The first-order valence-electron chi connectivity index (χ1n) is 26.4. The summed E-state index contributed by atoms with van der Waals surface area (Å²) in [4.78, 5) is 38.0. The second-order valence-corrected chi connectivity index (χ2v) is 17.1. The number of hydrogen-bond acceptors (Lipinski definition) is 6. The van der Waals surface area contributed by atoms with Gasteiger partial charge >= 0.3 is 17.9 Å². The standard InChI is InChI=1S/C59H96O6/c1-4-7-10-13-16-19-22-25-27-29-31-32-34-37-40-43-46-49-52-58(61)64-55-56(54-63-57(60)51-48-45-42-39-36-24-21-18-15-12-9-6-3)65-59(62)53-50-47-44-41-38-35-33-30-28-26-23-20-17-14-11-8-5-2/h8,11,16-17,19-20,22,25-29,31-33,35,41,44,56H,4-7,9-10,12-15,18,21,23-24,30,34,36-40,42-43,45-55H2,1-3H3/b11-8-,19-16-,20-17-,25-22-,28-26-,29-27-,32-31-,35-33-,44-41-. The first-order chi connectivity index (χ1) is 32.0. The summed E-state index contributed by atoms with van der Waals surface area (Å²) in [7, 11) is 0. The van der Waals surface area contributed by atoms with E-state index < -0.39 is 6.10 Å². The van der Waals surface area contributed by atoms with Crippen LogP contribution in [0.3, 0.4) is 0 Å². The Morgan fingerprint density at radius 2 is 0.677 bits per heavy atom. The molecule has 0 saturated carbocycles. The molecule has 0 heterocycles. The summed E-state index contributed by atoms with van der Waals surface area (Å²) in [6.07, 6.45) is 70.7. The summed E-state index contributed by atoms with van der Waals surface area (Å²) < 4.78 is 16.7. The highest BCUT2D eigenvalue weighted by Crippen LogP contribution is 2.14. The number of hydrogen-bond donors (Lipinski definition) is 0. The van der Waals surface area contributed by atoms with Crippen LogP contribution in [0.25, 0.3) is 0 Å². The molecule has 0 radical (unpaired) electrons. The van der Waals surface area contributed by atoms with Crippen LogP contribution in [0.2, 0.25) is 0 Å². The minimum atomic E-state index is -0.817. The highest BCUT2D eigenvalue weighted by Gasteiger charge is 2.19. The lowest BCUT2D eigenvalue weighted by Crippen LogP contribution is -2.30. The highest BCUT2D eigenvalue weighted by molar-refractivity contribution is 5.71. The highest BCUT2D eigenvalue weighted by atomic mass is 16.6. The molecule has 1 unspecified atom stereocenters. The molecule has 0 saturated heterocycles. The first kappa shape index (κ1) is 61.1. The van der Waals surface area contributed by atoms with E-state index in [1.165, 1.54) is 77.0 Å². The van der Waals surface area contributed by atoms with Crippen molar-refractivity contribution in [2.24, 2.45) is 0 Å². The van der Waals surface area contributed by atoms with E-state index in [1.807, 2.05) is 0 Å². The van der Waals surface area contributed by atoms with Crippen molar-refractivity contribution in [1.82, 2.24) is 0 Å². The van der Waals surface area contributed by atoms with Crippen molar-refractivity contribution in [3.63, 3.8) is 0 Å². The van der Waals surface area contributed by atoms with Crippen LogP contribution in [0.5, 0.6) is 0 Å². The van der Waals surface area contributed by atoms with Crippen LogP contribution < -0.4 is 0 Å². The molecule has 368 valence electrons. The van der Waals surface area contributed by atoms with E-state index in [4.69, 9.17) is 14.2 Å². The maximum absolute atomic E-state index is 12.8. The minimum Gasteiger partial charge on any atom is -0.462 e. The molecule has 0 rings (SSSR count). The molecule has 0 aromatic carbocycles. The lowest BCUT2D eigenvalue weighted by molar-refractivity contribution is -0.167. The van der Waals surface area contributed by atoms with E-state index in [9.17, 15) is 14.4 Å². The molecule has 6 nitrogen and oxygen atoms in total. The van der Waals surface area contributed by atoms with E-state index in [0.717, 1.165) is 103 Å². The third kappa shape index (κ3) is 50.9. The summed E-state index contributed by atoms with van der Waals surface area (Å²) in [6.45, 7) is 6.41. The summed E-state index contributed by atoms with van der Waals surface area (Å²) in [5.41, 5.74) is 0. The Labute approximate surface area is 400 Å². The molecule has 6 heteroatoms. The quantitative estimate of drug-likeness (QED) is 0.0199. The molecule has 0 aliphatic carbocycles. The first-order valence-corrected chi connectivity index (χ1v) is 26.4. The second-order valence-electron chi connectivity index (χ2n) is 17.1. The van der Waals surface area contributed by atoms with E-state index in [1.54, 1.807) is 0 Å². The SMILES string of the molecule is CC/C=C\C/C=C\C/C=C\C/C=C\C/C=C\CCCC(=O)OC(COC(=O)CCCCCCC\C=C/C=C\C=C/C=C\CCCCC)COC(=O)CCCCCCCCCCCCCC. The van der Waals surface area contributed by atoms with Gasteiger partial charge in [-0.1, -0.05) is 233 Å². The lowest BCUT2D eigenvalue weighted by Gasteiger charge is -2.18. The Morgan fingerprint density at radius 3 is 1.14 bits per heavy atom. The molecule has 0 aromatic heterocycles. The number of ether oxygens (including phenoxy) is 3. The van der Waals surface area contributed by atoms with E-state index in [-0.39, 0.29) is 37.5 Å². The fourth-order valence-electron chi connectivity index (χ4n) is 6.90. The Morgan fingerprint density at radius 1 is 0.338 bits per heavy atom. The van der Waals surface area contributed by atoms with Crippen molar-refractivity contribution in [3.05, 3.63) is 109 Å². The summed E-state index contributed by atoms with van der Waals surface area (Å²) >= 11 is 0. The number of esters is 3. The minimum absolute atomic E-state index is 0.109. The Hall–Kier alpha value is -3.93. The van der Waals surface area contributed by atoms with Gasteiger partial charge in [0, 0.05) is 19.3 Å².